The molecular weight excluding hydrogens is 285 g/mol. The largest absolute Gasteiger partial charge is 0.341 e. The van der Waals surface area contributed by atoms with Gasteiger partial charge in [0, 0.05) is 37.9 Å². The van der Waals surface area contributed by atoms with Crippen molar-refractivity contribution >= 4 is 30.7 Å². The fourth-order valence-electron chi connectivity index (χ4n) is 2.18. The number of likely N-dealkylation sites (N-methyl/N-ethyl adjacent to an activating group) is 1. The fourth-order valence-corrected chi connectivity index (χ4v) is 2.18. The number of nitrogens with one attached hydrogen (secondary N) is 1. The number of nitrogens with zero attached hydrogens (tertiary/aromatic N) is 2. The number of pyridine rings is 1. The minimum absolute atomic E-state index is 0. The van der Waals surface area contributed by atoms with E-state index in [-0.39, 0.29) is 30.7 Å². The first-order valence-electron chi connectivity index (χ1n) is 6.13. The summed E-state index contributed by atoms with van der Waals surface area (Å²) in [5.74, 6) is 0.263. The second-order valence-electron chi connectivity index (χ2n) is 4.47. The molecule has 2 heterocycles. The van der Waals surface area contributed by atoms with Crippen molar-refractivity contribution in [3.8, 4) is 0 Å². The molecule has 1 saturated heterocycles. The van der Waals surface area contributed by atoms with Crippen LogP contribution in [0.3, 0.4) is 0 Å². The summed E-state index contributed by atoms with van der Waals surface area (Å²) in [4.78, 5) is 17.9. The topological polar surface area (TPSA) is 45.2 Å². The van der Waals surface area contributed by atoms with Gasteiger partial charge in [0.2, 0.25) is 5.91 Å². The Labute approximate surface area is 126 Å². The second-order valence-corrected chi connectivity index (χ2v) is 4.47. The van der Waals surface area contributed by atoms with Crippen molar-refractivity contribution in [2.24, 2.45) is 0 Å². The van der Waals surface area contributed by atoms with Crippen LogP contribution < -0.4 is 5.32 Å². The number of carbonyl (C=O) groups is 1. The maximum absolute atomic E-state index is 12.0. The second kappa shape index (κ2) is 9.13. The van der Waals surface area contributed by atoms with Gasteiger partial charge < -0.3 is 10.2 Å². The predicted molar refractivity (Wildman–Crippen MR) is 81.1 cm³/mol. The highest BCUT2D eigenvalue weighted by molar-refractivity contribution is 5.85. The van der Waals surface area contributed by atoms with E-state index in [0.29, 0.717) is 12.5 Å². The molecule has 6 heteroatoms. The lowest BCUT2D eigenvalue weighted by Gasteiger charge is -2.16. The summed E-state index contributed by atoms with van der Waals surface area (Å²) in [5.41, 5.74) is 1.18. The predicted octanol–water partition coefficient (Wildman–Crippen LogP) is 1.68. The van der Waals surface area contributed by atoms with E-state index in [0.717, 1.165) is 25.9 Å². The normalized spacial score (nSPS) is 17.5. The minimum atomic E-state index is 0. The van der Waals surface area contributed by atoms with Crippen molar-refractivity contribution in [1.29, 1.82) is 0 Å². The molecule has 0 aliphatic carbocycles. The zero-order chi connectivity index (χ0) is 12.1. The number of hydrogen-bond acceptors (Lipinski definition) is 3. The summed E-state index contributed by atoms with van der Waals surface area (Å²) < 4.78 is 0. The third-order valence-electron chi connectivity index (χ3n) is 3.33. The lowest BCUT2D eigenvalue weighted by molar-refractivity contribution is -0.130. The minimum Gasteiger partial charge on any atom is -0.341 e. The van der Waals surface area contributed by atoms with Crippen LogP contribution in [0, 0.1) is 0 Å². The van der Waals surface area contributed by atoms with Gasteiger partial charge in [-0.15, -0.1) is 24.8 Å². The first-order valence-corrected chi connectivity index (χ1v) is 6.13. The smallest absolute Gasteiger partial charge is 0.222 e. The number of rotatable bonds is 4. The van der Waals surface area contributed by atoms with E-state index < -0.39 is 0 Å². The first kappa shape index (κ1) is 18.2. The van der Waals surface area contributed by atoms with Crippen LogP contribution in [0.15, 0.2) is 24.5 Å². The SMILES string of the molecule is CNC1CCN(C(=O)CCc2ccncc2)C1.Cl.Cl. The Hall–Kier alpha value is -0.840. The molecule has 0 radical (unpaired) electrons. The fraction of sp³-hybridized carbons (Fsp3) is 0.538. The Kier molecular flexibility index (Phi) is 8.72. The molecule has 1 N–H and O–H groups in total. The lowest BCUT2D eigenvalue weighted by atomic mass is 10.1. The van der Waals surface area contributed by atoms with Gasteiger partial charge in [0.15, 0.2) is 0 Å². The molecule has 4 nitrogen and oxygen atoms in total. The molecule has 1 aromatic heterocycles. The average Bonchev–Trinajstić information content (AvgIpc) is 2.86. The number of amides is 1. The van der Waals surface area contributed by atoms with Crippen LogP contribution in [0.4, 0.5) is 0 Å². The van der Waals surface area contributed by atoms with Gasteiger partial charge in [0.05, 0.1) is 0 Å². The van der Waals surface area contributed by atoms with Gasteiger partial charge in [0.1, 0.15) is 0 Å². The molecule has 0 saturated carbocycles. The van der Waals surface area contributed by atoms with Gasteiger partial charge in [0.25, 0.3) is 0 Å². The van der Waals surface area contributed by atoms with Crippen molar-refractivity contribution < 1.29 is 4.79 Å². The van der Waals surface area contributed by atoms with Gasteiger partial charge in [-0.1, -0.05) is 0 Å². The number of aryl methyl sites for hydroxylation is 1. The van der Waals surface area contributed by atoms with Gasteiger partial charge >= 0.3 is 0 Å². The molecule has 0 aromatic carbocycles. The summed E-state index contributed by atoms with van der Waals surface area (Å²) in [6, 6.07) is 4.40. The molecule has 0 spiro atoms. The first-order chi connectivity index (χ1) is 8.29. The molecule has 1 atom stereocenters. The van der Waals surface area contributed by atoms with Crippen molar-refractivity contribution in [2.75, 3.05) is 20.1 Å². The third kappa shape index (κ3) is 5.35. The molecule has 1 unspecified atom stereocenters. The third-order valence-corrected chi connectivity index (χ3v) is 3.33. The number of aromatic nitrogens is 1. The monoisotopic (exact) mass is 305 g/mol. The Bertz CT molecular complexity index is 375. The van der Waals surface area contributed by atoms with Gasteiger partial charge in [-0.05, 0) is 37.6 Å². The van der Waals surface area contributed by atoms with Crippen LogP contribution in [-0.2, 0) is 11.2 Å². The highest BCUT2D eigenvalue weighted by atomic mass is 35.5. The van der Waals surface area contributed by atoms with E-state index in [2.05, 4.69) is 10.3 Å². The number of likely N-dealkylation sites (tertiary alicyclic amines) is 1. The molecule has 1 aliphatic heterocycles. The van der Waals surface area contributed by atoms with E-state index in [4.69, 9.17) is 0 Å². The summed E-state index contributed by atoms with van der Waals surface area (Å²) in [6.45, 7) is 1.74. The van der Waals surface area contributed by atoms with Crippen LogP contribution >= 0.6 is 24.8 Å². The zero-order valence-electron chi connectivity index (χ0n) is 11.0. The van der Waals surface area contributed by atoms with Gasteiger partial charge in [-0.2, -0.15) is 0 Å². The van der Waals surface area contributed by atoms with E-state index >= 15 is 0 Å². The maximum Gasteiger partial charge on any atom is 0.222 e. The lowest BCUT2D eigenvalue weighted by Crippen LogP contribution is -2.33. The van der Waals surface area contributed by atoms with Crippen molar-refractivity contribution in [3.05, 3.63) is 30.1 Å². The van der Waals surface area contributed by atoms with E-state index in [1.165, 1.54) is 5.56 Å². The molecule has 1 aliphatic rings. The number of halogens is 2. The molecule has 2 rings (SSSR count). The summed E-state index contributed by atoms with van der Waals surface area (Å²) in [5, 5.41) is 3.22. The zero-order valence-corrected chi connectivity index (χ0v) is 12.7. The van der Waals surface area contributed by atoms with Gasteiger partial charge in [-0.25, -0.2) is 0 Å². The van der Waals surface area contributed by atoms with Crippen molar-refractivity contribution in [2.45, 2.75) is 25.3 Å². The maximum atomic E-state index is 12.0. The number of carbonyl (C=O) groups excluding carboxylic acids is 1. The van der Waals surface area contributed by atoms with Crippen LogP contribution in [-0.4, -0.2) is 42.0 Å². The molecule has 1 aromatic rings. The van der Waals surface area contributed by atoms with Crippen LogP contribution in [0.2, 0.25) is 0 Å². The molecule has 0 bridgehead atoms. The van der Waals surface area contributed by atoms with Gasteiger partial charge in [-0.3, -0.25) is 9.78 Å². The van der Waals surface area contributed by atoms with E-state index in [1.807, 2.05) is 24.1 Å². The summed E-state index contributed by atoms with van der Waals surface area (Å²) in [6.07, 6.45) is 6.01. The molecule has 19 heavy (non-hydrogen) atoms. The van der Waals surface area contributed by atoms with E-state index in [1.54, 1.807) is 12.4 Å². The van der Waals surface area contributed by atoms with Crippen molar-refractivity contribution in [3.63, 3.8) is 0 Å². The molecule has 1 amide bonds. The Morgan fingerprint density at radius 1 is 1.42 bits per heavy atom. The Balaban J connectivity index is 0.00000162. The highest BCUT2D eigenvalue weighted by Crippen LogP contribution is 2.11. The quantitative estimate of drug-likeness (QED) is 0.920. The molecular formula is C13H21Cl2N3O. The van der Waals surface area contributed by atoms with Crippen molar-refractivity contribution in [1.82, 2.24) is 15.2 Å². The highest BCUT2D eigenvalue weighted by Gasteiger charge is 2.24. The van der Waals surface area contributed by atoms with Crippen LogP contribution in [0.5, 0.6) is 0 Å². The Morgan fingerprint density at radius 2 is 2.11 bits per heavy atom. The summed E-state index contributed by atoms with van der Waals surface area (Å²) >= 11 is 0. The Morgan fingerprint density at radius 3 is 2.68 bits per heavy atom. The molecule has 108 valence electrons. The van der Waals surface area contributed by atoms with Crippen LogP contribution in [0.1, 0.15) is 18.4 Å². The van der Waals surface area contributed by atoms with Crippen LogP contribution in [0.25, 0.3) is 0 Å². The standard InChI is InChI=1S/C13H19N3O.2ClH/c1-14-12-6-9-16(10-12)13(17)3-2-11-4-7-15-8-5-11;;/h4-5,7-8,12,14H,2-3,6,9-10H2,1H3;2*1H. The van der Waals surface area contributed by atoms with E-state index in [9.17, 15) is 4.79 Å². The number of hydrogen-bond donors (Lipinski definition) is 1. The average molecular weight is 306 g/mol. The molecule has 1 fully saturated rings. The summed E-state index contributed by atoms with van der Waals surface area (Å²) in [7, 11) is 1.95.